The van der Waals surface area contributed by atoms with Crippen LogP contribution in [-0.2, 0) is 19.7 Å². The molecule has 2 heterocycles. The Hall–Kier alpha value is -3.29. The fourth-order valence-corrected chi connectivity index (χ4v) is 3.81. The minimum absolute atomic E-state index is 0.133. The molecular weight excluding hydrogens is 406 g/mol. The lowest BCUT2D eigenvalue weighted by molar-refractivity contribution is 0.0679. The fraction of sp³-hybridized carbons (Fsp3) is 0.320. The van der Waals surface area contributed by atoms with Crippen LogP contribution in [0.1, 0.15) is 34.8 Å². The molecule has 3 aromatic rings. The number of hydrogen-bond donors (Lipinski definition) is 1. The SMILES string of the molecule is CC1(O)CCN(Cc2ccc(C(=O)Cn3ncc(OCc4ccccc4)cc3=O)cc2)C1. The second kappa shape index (κ2) is 9.46. The van der Waals surface area contributed by atoms with Gasteiger partial charge in [-0.2, -0.15) is 5.10 Å². The number of ketones is 1. The largest absolute Gasteiger partial charge is 0.487 e. The lowest BCUT2D eigenvalue weighted by Crippen LogP contribution is -2.29. The van der Waals surface area contributed by atoms with Crippen LogP contribution in [-0.4, -0.2) is 44.3 Å². The molecule has 4 rings (SSSR count). The van der Waals surface area contributed by atoms with Crippen LogP contribution >= 0.6 is 0 Å². The Kier molecular flexibility index (Phi) is 6.48. The van der Waals surface area contributed by atoms with Gasteiger partial charge in [0.25, 0.3) is 5.56 Å². The number of nitrogens with zero attached hydrogens (tertiary/aromatic N) is 3. The first kappa shape index (κ1) is 21.9. The maximum atomic E-state index is 12.6. The number of aromatic nitrogens is 2. The topological polar surface area (TPSA) is 84.7 Å². The molecule has 1 aromatic heterocycles. The van der Waals surface area contributed by atoms with Gasteiger partial charge in [0, 0.05) is 31.3 Å². The lowest BCUT2D eigenvalue weighted by Gasteiger charge is -2.18. The van der Waals surface area contributed by atoms with Crippen molar-refractivity contribution >= 4 is 5.78 Å². The summed E-state index contributed by atoms with van der Waals surface area (Å²) < 4.78 is 6.75. The predicted molar refractivity (Wildman–Crippen MR) is 121 cm³/mol. The molecule has 32 heavy (non-hydrogen) atoms. The molecule has 7 nitrogen and oxygen atoms in total. The maximum absolute atomic E-state index is 12.6. The standard InChI is InChI=1S/C25H27N3O4/c1-25(31)11-12-27(18-25)15-19-7-9-21(10-8-19)23(29)16-28-24(30)13-22(14-26-28)32-17-20-5-3-2-4-6-20/h2-10,13-14,31H,11-12,15-18H2,1H3. The zero-order chi connectivity index (χ0) is 22.6. The normalized spacial score (nSPS) is 18.6. The van der Waals surface area contributed by atoms with Gasteiger partial charge in [0.1, 0.15) is 18.9 Å². The Bertz CT molecular complexity index is 1120. The van der Waals surface area contributed by atoms with Crippen LogP contribution in [0.15, 0.2) is 71.7 Å². The van der Waals surface area contributed by atoms with Gasteiger partial charge in [-0.3, -0.25) is 14.5 Å². The van der Waals surface area contributed by atoms with Gasteiger partial charge in [0.05, 0.1) is 11.8 Å². The van der Waals surface area contributed by atoms with Crippen LogP contribution < -0.4 is 10.3 Å². The van der Waals surface area contributed by atoms with Gasteiger partial charge in [-0.1, -0.05) is 54.6 Å². The van der Waals surface area contributed by atoms with Gasteiger partial charge in [0.2, 0.25) is 0 Å². The van der Waals surface area contributed by atoms with Gasteiger partial charge in [-0.25, -0.2) is 4.68 Å². The average Bonchev–Trinajstić information content (AvgIpc) is 3.13. The number of benzene rings is 2. The maximum Gasteiger partial charge on any atom is 0.270 e. The summed E-state index contributed by atoms with van der Waals surface area (Å²) in [5, 5.41) is 14.2. The number of ether oxygens (including phenoxy) is 1. The number of aliphatic hydroxyl groups is 1. The summed E-state index contributed by atoms with van der Waals surface area (Å²) in [5.41, 5.74) is 1.58. The van der Waals surface area contributed by atoms with Crippen molar-refractivity contribution in [3.05, 3.63) is 93.9 Å². The van der Waals surface area contributed by atoms with Gasteiger partial charge < -0.3 is 9.84 Å². The fourth-order valence-electron chi connectivity index (χ4n) is 3.81. The van der Waals surface area contributed by atoms with Gasteiger partial charge in [0.15, 0.2) is 5.78 Å². The zero-order valence-corrected chi connectivity index (χ0v) is 18.1. The van der Waals surface area contributed by atoms with E-state index >= 15 is 0 Å². The van der Waals surface area contributed by atoms with E-state index in [4.69, 9.17) is 4.74 Å². The highest BCUT2D eigenvalue weighted by molar-refractivity contribution is 5.95. The van der Waals surface area contributed by atoms with Crippen molar-refractivity contribution in [3.8, 4) is 5.75 Å². The molecule has 1 unspecified atom stereocenters. The molecule has 2 aromatic carbocycles. The highest BCUT2D eigenvalue weighted by Gasteiger charge is 2.30. The van der Waals surface area contributed by atoms with Crippen molar-refractivity contribution in [1.29, 1.82) is 0 Å². The molecule has 1 aliphatic heterocycles. The van der Waals surface area contributed by atoms with E-state index < -0.39 is 5.60 Å². The molecule has 0 saturated carbocycles. The number of rotatable bonds is 8. The summed E-state index contributed by atoms with van der Waals surface area (Å²) >= 11 is 0. The molecule has 1 fully saturated rings. The third kappa shape index (κ3) is 5.69. The number of hydrogen-bond acceptors (Lipinski definition) is 6. The summed E-state index contributed by atoms with van der Waals surface area (Å²) in [6, 6.07) is 18.4. The van der Waals surface area contributed by atoms with E-state index in [1.807, 2.05) is 49.4 Å². The molecule has 0 spiro atoms. The van der Waals surface area contributed by atoms with Crippen LogP contribution in [0, 0.1) is 0 Å². The van der Waals surface area contributed by atoms with Gasteiger partial charge in [-0.05, 0) is 24.5 Å². The Morgan fingerprint density at radius 3 is 2.53 bits per heavy atom. The van der Waals surface area contributed by atoms with E-state index in [2.05, 4.69) is 10.00 Å². The third-order valence-electron chi connectivity index (χ3n) is 5.60. The van der Waals surface area contributed by atoms with E-state index in [0.717, 1.165) is 35.3 Å². The summed E-state index contributed by atoms with van der Waals surface area (Å²) in [6.07, 6.45) is 2.22. The minimum Gasteiger partial charge on any atom is -0.487 e. The molecule has 0 bridgehead atoms. The van der Waals surface area contributed by atoms with Crippen molar-refractivity contribution < 1.29 is 14.6 Å². The highest BCUT2D eigenvalue weighted by atomic mass is 16.5. The molecule has 1 atom stereocenters. The quantitative estimate of drug-likeness (QED) is 0.550. The third-order valence-corrected chi connectivity index (χ3v) is 5.60. The second-order valence-corrected chi connectivity index (χ2v) is 8.54. The first-order valence-electron chi connectivity index (χ1n) is 10.7. The number of β-amino-alcohol motifs (C(OH)–C–C–N with tert-alkyl or cyclic N) is 1. The first-order valence-corrected chi connectivity index (χ1v) is 10.7. The van der Waals surface area contributed by atoms with E-state index in [0.29, 0.717) is 24.5 Å². The Labute approximate surface area is 186 Å². The highest BCUT2D eigenvalue weighted by Crippen LogP contribution is 2.22. The van der Waals surface area contributed by atoms with Crippen LogP contribution in [0.25, 0.3) is 0 Å². The van der Waals surface area contributed by atoms with Gasteiger partial charge in [-0.15, -0.1) is 0 Å². The van der Waals surface area contributed by atoms with Crippen molar-refractivity contribution in [2.45, 2.75) is 38.6 Å². The summed E-state index contributed by atoms with van der Waals surface area (Å²) in [7, 11) is 0. The van der Waals surface area contributed by atoms with Crippen molar-refractivity contribution in [1.82, 2.24) is 14.7 Å². The van der Waals surface area contributed by atoms with E-state index in [9.17, 15) is 14.7 Å². The number of carbonyl (C=O) groups is 1. The second-order valence-electron chi connectivity index (χ2n) is 8.54. The Morgan fingerprint density at radius 1 is 1.12 bits per heavy atom. The minimum atomic E-state index is -0.627. The molecule has 1 N–H and O–H groups in total. The van der Waals surface area contributed by atoms with Gasteiger partial charge >= 0.3 is 0 Å². The zero-order valence-electron chi connectivity index (χ0n) is 18.1. The molecule has 1 aliphatic rings. The number of likely N-dealkylation sites (tertiary alicyclic amines) is 1. The van der Waals surface area contributed by atoms with Crippen molar-refractivity contribution in [3.63, 3.8) is 0 Å². The molecule has 166 valence electrons. The molecular formula is C25H27N3O4. The Morgan fingerprint density at radius 2 is 1.88 bits per heavy atom. The van der Waals surface area contributed by atoms with E-state index in [1.54, 1.807) is 12.1 Å². The molecule has 7 heteroatoms. The Balaban J connectivity index is 1.33. The monoisotopic (exact) mass is 433 g/mol. The van der Waals surface area contributed by atoms with E-state index in [-0.39, 0.29) is 17.9 Å². The van der Waals surface area contributed by atoms with Crippen LogP contribution in [0.5, 0.6) is 5.75 Å². The molecule has 1 saturated heterocycles. The smallest absolute Gasteiger partial charge is 0.270 e. The lowest BCUT2D eigenvalue weighted by atomic mass is 10.1. The summed E-state index contributed by atoms with van der Waals surface area (Å²) in [5.74, 6) is 0.181. The summed E-state index contributed by atoms with van der Waals surface area (Å²) in [6.45, 7) is 4.29. The predicted octanol–water partition coefficient (Wildman–Crippen LogP) is 2.66. The van der Waals surface area contributed by atoms with Crippen LogP contribution in [0.3, 0.4) is 0 Å². The van der Waals surface area contributed by atoms with E-state index in [1.165, 1.54) is 12.3 Å². The van der Waals surface area contributed by atoms with Crippen molar-refractivity contribution in [2.75, 3.05) is 13.1 Å². The summed E-state index contributed by atoms with van der Waals surface area (Å²) in [4.78, 5) is 27.2. The van der Waals surface area contributed by atoms with Crippen LogP contribution in [0.4, 0.5) is 0 Å². The molecule has 0 aliphatic carbocycles. The molecule has 0 radical (unpaired) electrons. The first-order chi connectivity index (χ1) is 15.4. The average molecular weight is 434 g/mol. The number of Topliss-reactive ketones (excluding diaryl/α,β-unsaturated/α-hetero) is 1. The van der Waals surface area contributed by atoms with Crippen molar-refractivity contribution in [2.24, 2.45) is 0 Å². The molecule has 0 amide bonds. The van der Waals surface area contributed by atoms with Crippen LogP contribution in [0.2, 0.25) is 0 Å². The number of carbonyl (C=O) groups excluding carboxylic acids is 1.